The number of pyridine rings is 1. The van der Waals surface area contributed by atoms with Crippen molar-refractivity contribution in [3.05, 3.63) is 60.2 Å². The second kappa shape index (κ2) is 8.82. The molecule has 0 aliphatic rings. The Morgan fingerprint density at radius 3 is 2.85 bits per heavy atom. The highest BCUT2D eigenvalue weighted by atomic mass is 32.2. The molecule has 1 aromatic carbocycles. The highest BCUT2D eigenvalue weighted by Gasteiger charge is 2.10. The number of benzene rings is 1. The molecule has 0 saturated carbocycles. The number of ether oxygens (including phenoxy) is 1. The van der Waals surface area contributed by atoms with Crippen molar-refractivity contribution in [1.29, 1.82) is 0 Å². The predicted molar refractivity (Wildman–Crippen MR) is 101 cm³/mol. The van der Waals surface area contributed by atoms with E-state index in [4.69, 9.17) is 4.74 Å². The van der Waals surface area contributed by atoms with E-state index in [9.17, 15) is 9.18 Å². The molecule has 1 amide bonds. The Bertz CT molecular complexity index is 880. The molecule has 0 bridgehead atoms. The van der Waals surface area contributed by atoms with Gasteiger partial charge in [0.25, 0.3) is 0 Å². The monoisotopic (exact) mass is 373 g/mol. The number of aromatic nitrogens is 2. The molecule has 0 aliphatic carbocycles. The maximum Gasteiger partial charge on any atom is 0.240 e. The molecule has 7 heteroatoms. The van der Waals surface area contributed by atoms with E-state index in [2.05, 4.69) is 10.3 Å². The number of halogens is 1. The van der Waals surface area contributed by atoms with Crippen LogP contribution in [0.2, 0.25) is 0 Å². The molecule has 2 heterocycles. The number of hydrogen-bond acceptors (Lipinski definition) is 4. The second-order valence-corrected chi connectivity index (χ2v) is 6.71. The Balaban J connectivity index is 1.69. The van der Waals surface area contributed by atoms with Gasteiger partial charge < -0.3 is 14.6 Å². The molecule has 0 aliphatic heterocycles. The number of carbonyl (C=O) groups is 1. The lowest BCUT2D eigenvalue weighted by atomic mass is 10.2. The first-order valence-electron chi connectivity index (χ1n) is 8.24. The summed E-state index contributed by atoms with van der Waals surface area (Å²) in [5, 5.41) is 4.71. The molecule has 5 nitrogen and oxygen atoms in total. The maximum atomic E-state index is 13.0. The lowest BCUT2D eigenvalue weighted by Crippen LogP contribution is -2.30. The average molecular weight is 373 g/mol. The lowest BCUT2D eigenvalue weighted by Gasteiger charge is -2.08. The average Bonchev–Trinajstić information content (AvgIpc) is 3.05. The predicted octanol–water partition coefficient (Wildman–Crippen LogP) is 3.23. The zero-order chi connectivity index (χ0) is 18.4. The molecule has 3 rings (SSSR count). The van der Waals surface area contributed by atoms with Gasteiger partial charge in [0.15, 0.2) is 0 Å². The van der Waals surface area contributed by atoms with E-state index in [1.54, 1.807) is 37.2 Å². The van der Waals surface area contributed by atoms with Crippen LogP contribution in [-0.4, -0.2) is 35.7 Å². The maximum absolute atomic E-state index is 13.0. The zero-order valence-electron chi connectivity index (χ0n) is 14.4. The largest absolute Gasteiger partial charge is 0.383 e. The minimum absolute atomic E-state index is 0.0584. The van der Waals surface area contributed by atoms with E-state index in [-0.39, 0.29) is 18.3 Å². The molecule has 0 atom stereocenters. The summed E-state index contributed by atoms with van der Waals surface area (Å²) in [5.41, 5.74) is 2.00. The minimum Gasteiger partial charge on any atom is -0.383 e. The van der Waals surface area contributed by atoms with E-state index >= 15 is 0 Å². The quantitative estimate of drug-likeness (QED) is 0.487. The number of methoxy groups -OCH3 is 1. The summed E-state index contributed by atoms with van der Waals surface area (Å²) in [6.07, 6.45) is 3.64. The van der Waals surface area contributed by atoms with Crippen LogP contribution in [0.5, 0.6) is 0 Å². The van der Waals surface area contributed by atoms with Crippen LogP contribution in [0.4, 0.5) is 4.39 Å². The molecular formula is C19H20FN3O2S. The van der Waals surface area contributed by atoms with Crippen LogP contribution >= 0.6 is 11.8 Å². The van der Waals surface area contributed by atoms with Crippen LogP contribution in [-0.2, 0) is 21.8 Å². The standard InChI is InChI=1S/C19H20FN3O2S/c1-25-11-9-21-18(24)12-23-10-7-16-17(23)6-8-22-19(16)26-13-14-2-4-15(20)5-3-14/h2-8,10H,9,11-13H2,1H3,(H,21,24). The van der Waals surface area contributed by atoms with Crippen LogP contribution in [0, 0.1) is 5.82 Å². The molecule has 0 radical (unpaired) electrons. The number of fused-ring (bicyclic) bond motifs is 1. The van der Waals surface area contributed by atoms with Crippen LogP contribution in [0.25, 0.3) is 10.9 Å². The highest BCUT2D eigenvalue weighted by molar-refractivity contribution is 7.98. The SMILES string of the molecule is COCCNC(=O)Cn1ccc2c(SCc3ccc(F)cc3)nccc21. The Labute approximate surface area is 155 Å². The summed E-state index contributed by atoms with van der Waals surface area (Å²) in [6.45, 7) is 1.24. The van der Waals surface area contributed by atoms with Crippen molar-refractivity contribution in [2.24, 2.45) is 0 Å². The fraction of sp³-hybridized carbons (Fsp3) is 0.263. The second-order valence-electron chi connectivity index (χ2n) is 5.75. The van der Waals surface area contributed by atoms with Crippen molar-refractivity contribution < 1.29 is 13.9 Å². The number of amides is 1. The number of nitrogens with one attached hydrogen (secondary N) is 1. The van der Waals surface area contributed by atoms with Crippen molar-refractivity contribution >= 4 is 28.6 Å². The molecule has 0 fully saturated rings. The Hall–Kier alpha value is -2.38. The third kappa shape index (κ3) is 4.62. The van der Waals surface area contributed by atoms with E-state index in [1.807, 2.05) is 22.9 Å². The summed E-state index contributed by atoms with van der Waals surface area (Å²) in [6, 6.07) is 10.3. The van der Waals surface area contributed by atoms with Gasteiger partial charge >= 0.3 is 0 Å². The van der Waals surface area contributed by atoms with E-state index in [1.165, 1.54) is 12.1 Å². The van der Waals surface area contributed by atoms with Gasteiger partial charge in [0, 0.05) is 37.2 Å². The van der Waals surface area contributed by atoms with Crippen LogP contribution in [0.15, 0.2) is 53.8 Å². The first-order chi connectivity index (χ1) is 12.7. The first-order valence-corrected chi connectivity index (χ1v) is 9.22. The van der Waals surface area contributed by atoms with Crippen LogP contribution < -0.4 is 5.32 Å². The number of nitrogens with zero attached hydrogens (tertiary/aromatic N) is 2. The van der Waals surface area contributed by atoms with Crippen LogP contribution in [0.1, 0.15) is 5.56 Å². The fourth-order valence-corrected chi connectivity index (χ4v) is 3.54. The third-order valence-electron chi connectivity index (χ3n) is 3.89. The Morgan fingerprint density at radius 2 is 2.08 bits per heavy atom. The lowest BCUT2D eigenvalue weighted by molar-refractivity contribution is -0.121. The molecule has 3 aromatic rings. The molecule has 0 unspecified atom stereocenters. The third-order valence-corrected chi connectivity index (χ3v) is 4.97. The molecule has 26 heavy (non-hydrogen) atoms. The molecule has 1 N–H and O–H groups in total. The number of rotatable bonds is 8. The van der Waals surface area contributed by atoms with Gasteiger partial charge in [-0.3, -0.25) is 4.79 Å². The molecule has 0 spiro atoms. The van der Waals surface area contributed by atoms with Crippen molar-refractivity contribution in [2.75, 3.05) is 20.3 Å². The van der Waals surface area contributed by atoms with E-state index in [0.717, 1.165) is 21.5 Å². The van der Waals surface area contributed by atoms with Crippen molar-refractivity contribution in [3.63, 3.8) is 0 Å². The molecule has 136 valence electrons. The topological polar surface area (TPSA) is 56.1 Å². The van der Waals surface area contributed by atoms with E-state index < -0.39 is 0 Å². The summed E-state index contributed by atoms with van der Waals surface area (Å²) in [7, 11) is 1.60. The zero-order valence-corrected chi connectivity index (χ0v) is 15.3. The van der Waals surface area contributed by atoms with Gasteiger partial charge in [-0.1, -0.05) is 12.1 Å². The minimum atomic E-state index is -0.236. The van der Waals surface area contributed by atoms with Crippen molar-refractivity contribution in [1.82, 2.24) is 14.9 Å². The smallest absolute Gasteiger partial charge is 0.240 e. The fourth-order valence-electron chi connectivity index (χ4n) is 2.58. The van der Waals surface area contributed by atoms with Gasteiger partial charge in [-0.15, -0.1) is 11.8 Å². The summed E-state index contributed by atoms with van der Waals surface area (Å²) < 4.78 is 19.8. The van der Waals surface area contributed by atoms with E-state index in [0.29, 0.717) is 18.9 Å². The molecule has 2 aromatic heterocycles. The molecular weight excluding hydrogens is 353 g/mol. The number of hydrogen-bond donors (Lipinski definition) is 1. The Kier molecular flexibility index (Phi) is 6.25. The summed E-state index contributed by atoms with van der Waals surface area (Å²) >= 11 is 1.59. The Morgan fingerprint density at radius 1 is 1.27 bits per heavy atom. The molecule has 0 saturated heterocycles. The summed E-state index contributed by atoms with van der Waals surface area (Å²) in [5.74, 6) is 0.409. The van der Waals surface area contributed by atoms with Gasteiger partial charge in [0.2, 0.25) is 5.91 Å². The summed E-state index contributed by atoms with van der Waals surface area (Å²) in [4.78, 5) is 16.5. The van der Waals surface area contributed by atoms with Gasteiger partial charge in [-0.05, 0) is 29.8 Å². The number of thioether (sulfide) groups is 1. The van der Waals surface area contributed by atoms with Crippen molar-refractivity contribution in [2.45, 2.75) is 17.3 Å². The van der Waals surface area contributed by atoms with Gasteiger partial charge in [-0.25, -0.2) is 9.37 Å². The van der Waals surface area contributed by atoms with Gasteiger partial charge in [0.1, 0.15) is 17.4 Å². The number of carbonyl (C=O) groups excluding carboxylic acids is 1. The first kappa shape index (κ1) is 18.4. The van der Waals surface area contributed by atoms with Crippen LogP contribution in [0.3, 0.4) is 0 Å². The van der Waals surface area contributed by atoms with Crippen molar-refractivity contribution in [3.8, 4) is 0 Å². The normalized spacial score (nSPS) is 11.0. The van der Waals surface area contributed by atoms with Gasteiger partial charge in [0.05, 0.1) is 12.1 Å². The van der Waals surface area contributed by atoms with Gasteiger partial charge in [-0.2, -0.15) is 0 Å². The highest BCUT2D eigenvalue weighted by Crippen LogP contribution is 2.29.